The smallest absolute Gasteiger partial charge is 0.186 e. The molecule has 102 valence electrons. The molecule has 0 saturated carbocycles. The van der Waals surface area contributed by atoms with E-state index in [1.54, 1.807) is 6.08 Å². The molecule has 0 amide bonds. The van der Waals surface area contributed by atoms with Crippen LogP contribution in [-0.4, -0.2) is 5.78 Å². The van der Waals surface area contributed by atoms with Crippen molar-refractivity contribution in [1.82, 2.24) is 0 Å². The SMILES string of the molecule is CCc1ccc(C=CC(=O)c2ccc(C)cc2C)cc1. The van der Waals surface area contributed by atoms with Crippen LogP contribution in [0.25, 0.3) is 6.08 Å². The second-order valence-corrected chi connectivity index (χ2v) is 5.11. The van der Waals surface area contributed by atoms with Gasteiger partial charge in [-0.2, -0.15) is 0 Å². The van der Waals surface area contributed by atoms with Crippen molar-refractivity contribution in [1.29, 1.82) is 0 Å². The Kier molecular flexibility index (Phi) is 4.52. The third-order valence-electron chi connectivity index (χ3n) is 3.46. The third-order valence-corrected chi connectivity index (χ3v) is 3.46. The lowest BCUT2D eigenvalue weighted by molar-refractivity contribution is 0.104. The Labute approximate surface area is 121 Å². The molecule has 0 N–H and O–H groups in total. The third kappa shape index (κ3) is 3.45. The second-order valence-electron chi connectivity index (χ2n) is 5.11. The highest BCUT2D eigenvalue weighted by atomic mass is 16.1. The van der Waals surface area contributed by atoms with Gasteiger partial charge in [-0.1, -0.05) is 61.0 Å². The van der Waals surface area contributed by atoms with Crippen LogP contribution in [-0.2, 0) is 6.42 Å². The van der Waals surface area contributed by atoms with Gasteiger partial charge in [-0.05, 0) is 43.0 Å². The van der Waals surface area contributed by atoms with E-state index in [2.05, 4.69) is 19.1 Å². The van der Waals surface area contributed by atoms with Gasteiger partial charge in [0.05, 0.1) is 0 Å². The van der Waals surface area contributed by atoms with Gasteiger partial charge in [-0.25, -0.2) is 0 Å². The summed E-state index contributed by atoms with van der Waals surface area (Å²) in [4.78, 5) is 12.2. The van der Waals surface area contributed by atoms with Gasteiger partial charge in [0.1, 0.15) is 0 Å². The number of ketones is 1. The van der Waals surface area contributed by atoms with Crippen LogP contribution in [0.2, 0.25) is 0 Å². The quantitative estimate of drug-likeness (QED) is 0.574. The molecule has 0 bridgehead atoms. The number of allylic oxidation sites excluding steroid dienone is 1. The Balaban J connectivity index is 2.15. The molecule has 0 aliphatic rings. The molecule has 0 atom stereocenters. The molecule has 0 unspecified atom stereocenters. The number of carbonyl (C=O) groups excluding carboxylic acids is 1. The standard InChI is InChI=1S/C19H20O/c1-4-16-6-8-17(9-7-16)10-12-19(20)18-11-5-14(2)13-15(18)3/h5-13H,4H2,1-3H3. The van der Waals surface area contributed by atoms with Crippen LogP contribution in [0.15, 0.2) is 48.5 Å². The molecule has 1 nitrogen and oxygen atoms in total. The molecule has 2 rings (SSSR count). The van der Waals surface area contributed by atoms with Gasteiger partial charge in [0.25, 0.3) is 0 Å². The lowest BCUT2D eigenvalue weighted by Crippen LogP contribution is -1.98. The van der Waals surface area contributed by atoms with Crippen molar-refractivity contribution < 1.29 is 4.79 Å². The number of hydrogen-bond donors (Lipinski definition) is 0. The highest BCUT2D eigenvalue weighted by Crippen LogP contribution is 2.13. The first-order valence-electron chi connectivity index (χ1n) is 6.98. The van der Waals surface area contributed by atoms with Crippen molar-refractivity contribution in [2.75, 3.05) is 0 Å². The van der Waals surface area contributed by atoms with Gasteiger partial charge >= 0.3 is 0 Å². The normalized spacial score (nSPS) is 10.9. The van der Waals surface area contributed by atoms with Crippen molar-refractivity contribution in [3.05, 3.63) is 76.4 Å². The summed E-state index contributed by atoms with van der Waals surface area (Å²) in [6.45, 7) is 6.14. The molecule has 0 fully saturated rings. The number of carbonyl (C=O) groups is 1. The fourth-order valence-electron chi connectivity index (χ4n) is 2.22. The highest BCUT2D eigenvalue weighted by molar-refractivity contribution is 6.07. The van der Waals surface area contributed by atoms with E-state index in [1.807, 2.05) is 50.3 Å². The monoisotopic (exact) mass is 264 g/mol. The van der Waals surface area contributed by atoms with E-state index >= 15 is 0 Å². The maximum atomic E-state index is 12.2. The molecule has 0 aliphatic heterocycles. The van der Waals surface area contributed by atoms with Crippen LogP contribution >= 0.6 is 0 Å². The van der Waals surface area contributed by atoms with Crippen molar-refractivity contribution in [3.63, 3.8) is 0 Å². The van der Waals surface area contributed by atoms with E-state index in [0.717, 1.165) is 23.1 Å². The van der Waals surface area contributed by atoms with Crippen molar-refractivity contribution in [2.45, 2.75) is 27.2 Å². The first kappa shape index (κ1) is 14.3. The van der Waals surface area contributed by atoms with Crippen LogP contribution < -0.4 is 0 Å². The zero-order valence-corrected chi connectivity index (χ0v) is 12.3. The Hall–Kier alpha value is -2.15. The lowest BCUT2D eigenvalue weighted by Gasteiger charge is -2.03. The molecule has 0 heterocycles. The van der Waals surface area contributed by atoms with Crippen molar-refractivity contribution >= 4 is 11.9 Å². The summed E-state index contributed by atoms with van der Waals surface area (Å²) in [5.74, 6) is 0.0575. The van der Waals surface area contributed by atoms with Gasteiger partial charge in [0.15, 0.2) is 5.78 Å². The van der Waals surface area contributed by atoms with Crippen LogP contribution in [0, 0.1) is 13.8 Å². The summed E-state index contributed by atoms with van der Waals surface area (Å²) in [7, 11) is 0. The molecular formula is C19H20O. The molecule has 1 heteroatoms. The fourth-order valence-corrected chi connectivity index (χ4v) is 2.22. The van der Waals surface area contributed by atoms with Gasteiger partial charge in [0, 0.05) is 5.56 Å². The number of rotatable bonds is 4. The van der Waals surface area contributed by atoms with E-state index in [0.29, 0.717) is 0 Å². The minimum absolute atomic E-state index is 0.0575. The van der Waals surface area contributed by atoms with Crippen LogP contribution in [0.5, 0.6) is 0 Å². The molecule has 0 aliphatic carbocycles. The zero-order chi connectivity index (χ0) is 14.5. The molecule has 0 radical (unpaired) electrons. The topological polar surface area (TPSA) is 17.1 Å². The average molecular weight is 264 g/mol. The summed E-state index contributed by atoms with van der Waals surface area (Å²) in [5, 5.41) is 0. The molecule has 2 aromatic carbocycles. The Morgan fingerprint density at radius 2 is 1.75 bits per heavy atom. The van der Waals surface area contributed by atoms with E-state index in [1.165, 1.54) is 11.1 Å². The first-order valence-corrected chi connectivity index (χ1v) is 6.98. The summed E-state index contributed by atoms with van der Waals surface area (Å²) in [5.41, 5.74) is 5.35. The van der Waals surface area contributed by atoms with Crippen LogP contribution in [0.3, 0.4) is 0 Å². The lowest BCUT2D eigenvalue weighted by atomic mass is 10.0. The largest absolute Gasteiger partial charge is 0.289 e. The van der Waals surface area contributed by atoms with Gasteiger partial charge in [-0.3, -0.25) is 4.79 Å². The molecule has 0 saturated heterocycles. The van der Waals surface area contributed by atoms with Crippen molar-refractivity contribution in [2.24, 2.45) is 0 Å². The highest BCUT2D eigenvalue weighted by Gasteiger charge is 2.05. The predicted octanol–water partition coefficient (Wildman–Crippen LogP) is 4.76. The maximum Gasteiger partial charge on any atom is 0.186 e. The van der Waals surface area contributed by atoms with E-state index in [9.17, 15) is 4.79 Å². The Morgan fingerprint density at radius 1 is 1.05 bits per heavy atom. The molecule has 0 spiro atoms. The number of aryl methyl sites for hydroxylation is 3. The van der Waals surface area contributed by atoms with Gasteiger partial charge in [0.2, 0.25) is 0 Å². The maximum absolute atomic E-state index is 12.2. The zero-order valence-electron chi connectivity index (χ0n) is 12.3. The average Bonchev–Trinajstić information content (AvgIpc) is 2.45. The van der Waals surface area contributed by atoms with E-state index in [4.69, 9.17) is 0 Å². The summed E-state index contributed by atoms with van der Waals surface area (Å²) in [6, 6.07) is 14.2. The molecule has 0 aromatic heterocycles. The van der Waals surface area contributed by atoms with Crippen LogP contribution in [0.4, 0.5) is 0 Å². The fraction of sp³-hybridized carbons (Fsp3) is 0.211. The minimum Gasteiger partial charge on any atom is -0.289 e. The first-order chi connectivity index (χ1) is 9.60. The predicted molar refractivity (Wildman–Crippen MR) is 85.1 cm³/mol. The summed E-state index contributed by atoms with van der Waals surface area (Å²) >= 11 is 0. The van der Waals surface area contributed by atoms with Crippen LogP contribution in [0.1, 0.15) is 39.5 Å². The summed E-state index contributed by atoms with van der Waals surface area (Å²) in [6.07, 6.45) is 4.56. The number of benzene rings is 2. The van der Waals surface area contributed by atoms with E-state index < -0.39 is 0 Å². The second kappa shape index (κ2) is 6.33. The van der Waals surface area contributed by atoms with Crippen molar-refractivity contribution in [3.8, 4) is 0 Å². The summed E-state index contributed by atoms with van der Waals surface area (Å²) < 4.78 is 0. The number of hydrogen-bond acceptors (Lipinski definition) is 1. The molecular weight excluding hydrogens is 244 g/mol. The molecule has 20 heavy (non-hydrogen) atoms. The minimum atomic E-state index is 0.0575. The molecule has 2 aromatic rings. The van der Waals surface area contributed by atoms with E-state index in [-0.39, 0.29) is 5.78 Å². The Bertz CT molecular complexity index is 633. The van der Waals surface area contributed by atoms with Gasteiger partial charge < -0.3 is 0 Å². The Morgan fingerprint density at radius 3 is 2.35 bits per heavy atom. The van der Waals surface area contributed by atoms with Gasteiger partial charge in [-0.15, -0.1) is 0 Å².